The minimum atomic E-state index is -0.370. The Morgan fingerprint density at radius 2 is 1.74 bits per heavy atom. The zero-order valence-corrected chi connectivity index (χ0v) is 14.6. The maximum absolute atomic E-state index is 6.18. The lowest BCUT2D eigenvalue weighted by Gasteiger charge is -2.40. The van der Waals surface area contributed by atoms with Crippen LogP contribution in [0.15, 0.2) is 18.2 Å². The van der Waals surface area contributed by atoms with Crippen molar-refractivity contribution in [2.24, 2.45) is 11.7 Å². The average molecular weight is 317 g/mol. The minimum absolute atomic E-state index is 0.370. The predicted molar refractivity (Wildman–Crippen MR) is 93.6 cm³/mol. The fraction of sp³-hybridized carbons (Fsp3) is 0.700. The third kappa shape index (κ3) is 3.47. The molecule has 0 spiro atoms. The Morgan fingerprint density at radius 3 is 2.35 bits per heavy atom. The Labute approximate surface area is 140 Å². The van der Waals surface area contributed by atoms with E-state index in [0.29, 0.717) is 11.8 Å². The second-order valence-electron chi connectivity index (χ2n) is 7.23. The van der Waals surface area contributed by atoms with Crippen molar-refractivity contribution in [1.82, 2.24) is 0 Å². The largest absolute Gasteiger partial charge is 0.353 e. The molecule has 0 heterocycles. The zero-order chi connectivity index (χ0) is 16.3. The summed E-state index contributed by atoms with van der Waals surface area (Å²) in [6.45, 7) is 0.733. The minimum Gasteiger partial charge on any atom is -0.353 e. The first-order chi connectivity index (χ1) is 11.2. The second kappa shape index (κ2) is 7.33. The van der Waals surface area contributed by atoms with Crippen molar-refractivity contribution in [2.45, 2.75) is 63.1 Å². The summed E-state index contributed by atoms with van der Waals surface area (Å²) < 4.78 is 11.2. The van der Waals surface area contributed by atoms with Crippen LogP contribution in [0.5, 0.6) is 0 Å². The molecule has 0 radical (unpaired) electrons. The highest BCUT2D eigenvalue weighted by Gasteiger charge is 2.38. The maximum atomic E-state index is 6.18. The van der Waals surface area contributed by atoms with Crippen LogP contribution in [0.1, 0.15) is 61.1 Å². The summed E-state index contributed by atoms with van der Waals surface area (Å²) in [6.07, 6.45) is 9.33. The summed E-state index contributed by atoms with van der Waals surface area (Å²) in [5.41, 5.74) is 10.7. The summed E-state index contributed by atoms with van der Waals surface area (Å²) >= 11 is 0. The number of fused-ring (bicyclic) bond motifs is 1. The van der Waals surface area contributed by atoms with Gasteiger partial charge in [-0.2, -0.15) is 0 Å². The molecule has 1 aromatic rings. The molecule has 0 amide bonds. The molecule has 3 rings (SSSR count). The van der Waals surface area contributed by atoms with Crippen molar-refractivity contribution in [3.8, 4) is 0 Å². The average Bonchev–Trinajstić information content (AvgIpc) is 2.63. The van der Waals surface area contributed by atoms with Gasteiger partial charge in [0.2, 0.25) is 0 Å². The first kappa shape index (κ1) is 16.9. The van der Waals surface area contributed by atoms with Gasteiger partial charge in [-0.3, -0.25) is 0 Å². The van der Waals surface area contributed by atoms with E-state index in [4.69, 9.17) is 15.2 Å². The number of aryl methyl sites for hydroxylation is 2. The Hall–Kier alpha value is -0.900. The summed E-state index contributed by atoms with van der Waals surface area (Å²) in [6, 6.07) is 7.13. The molecule has 128 valence electrons. The van der Waals surface area contributed by atoms with Crippen LogP contribution in [0.25, 0.3) is 0 Å². The van der Waals surface area contributed by atoms with Crippen molar-refractivity contribution in [3.05, 3.63) is 34.9 Å². The van der Waals surface area contributed by atoms with E-state index < -0.39 is 0 Å². The number of nitrogens with two attached hydrogens (primary N) is 1. The van der Waals surface area contributed by atoms with Crippen LogP contribution in [0.2, 0.25) is 0 Å². The molecule has 2 aliphatic rings. The van der Waals surface area contributed by atoms with Gasteiger partial charge in [0.25, 0.3) is 0 Å². The molecule has 0 aliphatic heterocycles. The molecule has 1 saturated carbocycles. The number of hydrogen-bond donors (Lipinski definition) is 1. The highest BCUT2D eigenvalue weighted by atomic mass is 16.7. The van der Waals surface area contributed by atoms with Crippen LogP contribution in [-0.4, -0.2) is 26.6 Å². The predicted octanol–water partition coefficient (Wildman–Crippen LogP) is 3.79. The van der Waals surface area contributed by atoms with Gasteiger partial charge in [-0.05, 0) is 73.6 Å². The van der Waals surface area contributed by atoms with E-state index in [1.54, 1.807) is 25.3 Å². The SMILES string of the molecule is COC1(OC)CCC(C(CN)c2ccc3c(c2)CCCC3)CC1. The lowest BCUT2D eigenvalue weighted by atomic mass is 9.74. The van der Waals surface area contributed by atoms with Crippen LogP contribution in [0.4, 0.5) is 0 Å². The van der Waals surface area contributed by atoms with Crippen molar-refractivity contribution >= 4 is 0 Å². The summed E-state index contributed by atoms with van der Waals surface area (Å²) in [5, 5.41) is 0. The first-order valence-corrected chi connectivity index (χ1v) is 9.13. The molecule has 23 heavy (non-hydrogen) atoms. The fourth-order valence-electron chi connectivity index (χ4n) is 4.56. The molecule has 0 saturated heterocycles. The van der Waals surface area contributed by atoms with E-state index in [2.05, 4.69) is 18.2 Å². The first-order valence-electron chi connectivity index (χ1n) is 9.13. The zero-order valence-electron chi connectivity index (χ0n) is 14.6. The molecule has 2 aliphatic carbocycles. The number of ether oxygens (including phenoxy) is 2. The lowest BCUT2D eigenvalue weighted by molar-refractivity contribution is -0.228. The number of benzene rings is 1. The highest BCUT2D eigenvalue weighted by molar-refractivity contribution is 5.36. The highest BCUT2D eigenvalue weighted by Crippen LogP contribution is 2.41. The standard InChI is InChI=1S/C20H31NO2/c1-22-20(23-2)11-9-16(10-12-20)19(14-21)18-8-7-15-5-3-4-6-17(15)13-18/h7-8,13,16,19H,3-6,9-12,14,21H2,1-2H3. The molecular formula is C20H31NO2. The molecule has 1 atom stereocenters. The molecular weight excluding hydrogens is 286 g/mol. The summed E-state index contributed by atoms with van der Waals surface area (Å²) in [5.74, 6) is 0.736. The Morgan fingerprint density at radius 1 is 1.09 bits per heavy atom. The molecule has 1 aromatic carbocycles. The summed E-state index contributed by atoms with van der Waals surface area (Å²) in [7, 11) is 3.52. The van der Waals surface area contributed by atoms with Crippen LogP contribution < -0.4 is 5.73 Å². The molecule has 0 bridgehead atoms. The van der Waals surface area contributed by atoms with Gasteiger partial charge in [-0.15, -0.1) is 0 Å². The molecule has 1 unspecified atom stereocenters. The van der Waals surface area contributed by atoms with Crippen LogP contribution in [0, 0.1) is 5.92 Å². The van der Waals surface area contributed by atoms with Crippen LogP contribution in [0.3, 0.4) is 0 Å². The number of rotatable bonds is 5. The van der Waals surface area contributed by atoms with Gasteiger partial charge in [0, 0.05) is 27.1 Å². The number of methoxy groups -OCH3 is 2. The van der Waals surface area contributed by atoms with Crippen molar-refractivity contribution < 1.29 is 9.47 Å². The van der Waals surface area contributed by atoms with Gasteiger partial charge in [0.1, 0.15) is 0 Å². The van der Waals surface area contributed by atoms with Crippen molar-refractivity contribution in [1.29, 1.82) is 0 Å². The van der Waals surface area contributed by atoms with Gasteiger partial charge in [0.05, 0.1) is 0 Å². The van der Waals surface area contributed by atoms with Crippen molar-refractivity contribution in [3.63, 3.8) is 0 Å². The van der Waals surface area contributed by atoms with E-state index in [0.717, 1.165) is 32.2 Å². The van der Waals surface area contributed by atoms with Gasteiger partial charge in [-0.1, -0.05) is 18.2 Å². The monoisotopic (exact) mass is 317 g/mol. The molecule has 0 aromatic heterocycles. The van der Waals surface area contributed by atoms with Gasteiger partial charge in [0.15, 0.2) is 5.79 Å². The van der Waals surface area contributed by atoms with Gasteiger partial charge >= 0.3 is 0 Å². The third-order valence-electron chi connectivity index (χ3n) is 6.16. The summed E-state index contributed by atoms with van der Waals surface area (Å²) in [4.78, 5) is 0. The second-order valence-corrected chi connectivity index (χ2v) is 7.23. The molecule has 3 heteroatoms. The van der Waals surface area contributed by atoms with Gasteiger partial charge in [-0.25, -0.2) is 0 Å². The molecule has 2 N–H and O–H groups in total. The van der Waals surface area contributed by atoms with Gasteiger partial charge < -0.3 is 15.2 Å². The molecule has 1 fully saturated rings. The smallest absolute Gasteiger partial charge is 0.167 e. The Kier molecular flexibility index (Phi) is 5.40. The fourth-order valence-corrected chi connectivity index (χ4v) is 4.56. The lowest BCUT2D eigenvalue weighted by Crippen LogP contribution is -2.40. The van der Waals surface area contributed by atoms with E-state index in [-0.39, 0.29) is 5.79 Å². The molecule has 3 nitrogen and oxygen atoms in total. The Balaban J connectivity index is 1.73. The Bertz CT molecular complexity index is 514. The van der Waals surface area contributed by atoms with E-state index in [1.807, 2.05) is 0 Å². The third-order valence-corrected chi connectivity index (χ3v) is 6.16. The quantitative estimate of drug-likeness (QED) is 0.840. The van der Waals surface area contributed by atoms with Crippen molar-refractivity contribution in [2.75, 3.05) is 20.8 Å². The van der Waals surface area contributed by atoms with E-state index in [1.165, 1.54) is 31.2 Å². The topological polar surface area (TPSA) is 44.5 Å². The normalized spacial score (nSPS) is 22.6. The number of hydrogen-bond acceptors (Lipinski definition) is 3. The van der Waals surface area contributed by atoms with Crippen LogP contribution >= 0.6 is 0 Å². The van der Waals surface area contributed by atoms with Crippen LogP contribution in [-0.2, 0) is 22.3 Å². The maximum Gasteiger partial charge on any atom is 0.167 e. The van der Waals surface area contributed by atoms with E-state index in [9.17, 15) is 0 Å². The van der Waals surface area contributed by atoms with E-state index >= 15 is 0 Å².